The second-order valence-corrected chi connectivity index (χ2v) is 8.46. The maximum absolute atomic E-state index is 12.7. The molecule has 4 aromatic carbocycles. The van der Waals surface area contributed by atoms with Gasteiger partial charge in [0.15, 0.2) is 5.11 Å². The SMILES string of the molecule is O=C(NC(=S)Nc1ccc(OCCOc2ccccc2)cc1)c1cccc(OCCc2ccccc2)c1. The van der Waals surface area contributed by atoms with Gasteiger partial charge in [-0.25, -0.2) is 0 Å². The van der Waals surface area contributed by atoms with E-state index in [2.05, 4.69) is 22.8 Å². The molecule has 0 saturated heterocycles. The number of thiocarbonyl (C=S) groups is 1. The molecule has 7 heteroatoms. The zero-order valence-corrected chi connectivity index (χ0v) is 21.1. The van der Waals surface area contributed by atoms with Crippen LogP contribution in [0.3, 0.4) is 0 Å². The summed E-state index contributed by atoms with van der Waals surface area (Å²) in [6.07, 6.45) is 0.788. The molecule has 4 rings (SSSR count). The van der Waals surface area contributed by atoms with E-state index in [1.54, 1.807) is 18.2 Å². The van der Waals surface area contributed by atoms with Crippen molar-refractivity contribution in [2.24, 2.45) is 0 Å². The standard InChI is InChI=1S/C30H28N2O4S/c33-29(24-10-7-13-28(22-24)34-19-18-23-8-3-1-4-9-23)32-30(37)31-25-14-16-27(17-15-25)36-21-20-35-26-11-5-2-6-12-26/h1-17,22H,18-21H2,(H2,31,32,33,37). The van der Waals surface area contributed by atoms with E-state index in [1.807, 2.05) is 78.9 Å². The van der Waals surface area contributed by atoms with E-state index in [0.29, 0.717) is 36.9 Å². The normalized spacial score (nSPS) is 10.3. The lowest BCUT2D eigenvalue weighted by molar-refractivity contribution is 0.0977. The van der Waals surface area contributed by atoms with Crippen LogP contribution in [0.25, 0.3) is 0 Å². The molecule has 0 aliphatic heterocycles. The van der Waals surface area contributed by atoms with Crippen LogP contribution in [0.4, 0.5) is 5.69 Å². The molecule has 0 spiro atoms. The van der Waals surface area contributed by atoms with Crippen molar-refractivity contribution in [1.82, 2.24) is 5.32 Å². The van der Waals surface area contributed by atoms with Crippen molar-refractivity contribution in [3.05, 3.63) is 120 Å². The summed E-state index contributed by atoms with van der Waals surface area (Å²) in [5.41, 5.74) is 2.39. The summed E-state index contributed by atoms with van der Waals surface area (Å²) >= 11 is 5.31. The largest absolute Gasteiger partial charge is 0.493 e. The topological polar surface area (TPSA) is 68.8 Å². The average molecular weight is 513 g/mol. The first-order valence-electron chi connectivity index (χ1n) is 12.0. The number of amides is 1. The Kier molecular flexibility index (Phi) is 9.49. The Bertz CT molecular complexity index is 1280. The van der Waals surface area contributed by atoms with E-state index < -0.39 is 0 Å². The molecule has 1 amide bonds. The summed E-state index contributed by atoms with van der Waals surface area (Å²) in [6.45, 7) is 1.39. The van der Waals surface area contributed by atoms with Crippen molar-refractivity contribution < 1.29 is 19.0 Å². The minimum Gasteiger partial charge on any atom is -0.493 e. The molecule has 0 radical (unpaired) electrons. The Morgan fingerprint density at radius 1 is 0.649 bits per heavy atom. The molecule has 0 fully saturated rings. The maximum atomic E-state index is 12.7. The van der Waals surface area contributed by atoms with Gasteiger partial charge in [-0.1, -0.05) is 54.6 Å². The summed E-state index contributed by atoms with van der Waals surface area (Å²) in [7, 11) is 0. The third-order valence-electron chi connectivity index (χ3n) is 5.30. The third-order valence-corrected chi connectivity index (χ3v) is 5.51. The number of benzene rings is 4. The third kappa shape index (κ3) is 8.66. The van der Waals surface area contributed by atoms with Crippen molar-refractivity contribution >= 4 is 28.9 Å². The van der Waals surface area contributed by atoms with Crippen LogP contribution in [0.5, 0.6) is 17.2 Å². The lowest BCUT2D eigenvalue weighted by atomic mass is 10.2. The lowest BCUT2D eigenvalue weighted by Crippen LogP contribution is -2.34. The molecule has 188 valence electrons. The molecule has 0 aliphatic carbocycles. The molecular weight excluding hydrogens is 484 g/mol. The van der Waals surface area contributed by atoms with Gasteiger partial charge in [-0.2, -0.15) is 0 Å². The highest BCUT2D eigenvalue weighted by Crippen LogP contribution is 2.17. The highest BCUT2D eigenvalue weighted by molar-refractivity contribution is 7.80. The molecule has 0 saturated carbocycles. The molecule has 4 aromatic rings. The van der Waals surface area contributed by atoms with E-state index in [4.69, 9.17) is 26.4 Å². The molecule has 0 bridgehead atoms. The number of carbonyl (C=O) groups excluding carboxylic acids is 1. The second kappa shape index (κ2) is 13.7. The Morgan fingerprint density at radius 3 is 1.95 bits per heavy atom. The van der Waals surface area contributed by atoms with Gasteiger partial charge >= 0.3 is 0 Å². The Balaban J connectivity index is 1.19. The monoisotopic (exact) mass is 512 g/mol. The van der Waals surface area contributed by atoms with Crippen LogP contribution in [0.15, 0.2) is 109 Å². The number of hydrogen-bond acceptors (Lipinski definition) is 5. The minimum atomic E-state index is -0.315. The Labute approximate surface area is 222 Å². The van der Waals surface area contributed by atoms with Gasteiger partial charge in [-0.3, -0.25) is 10.1 Å². The second-order valence-electron chi connectivity index (χ2n) is 8.05. The van der Waals surface area contributed by atoms with E-state index in [0.717, 1.165) is 17.9 Å². The molecule has 0 atom stereocenters. The highest BCUT2D eigenvalue weighted by Gasteiger charge is 2.09. The smallest absolute Gasteiger partial charge is 0.257 e. The van der Waals surface area contributed by atoms with Crippen LogP contribution in [0.2, 0.25) is 0 Å². The van der Waals surface area contributed by atoms with E-state index in [9.17, 15) is 4.79 Å². The van der Waals surface area contributed by atoms with Crippen molar-refractivity contribution in [2.75, 3.05) is 25.1 Å². The Hall–Kier alpha value is -4.36. The number of hydrogen-bond donors (Lipinski definition) is 2. The first-order chi connectivity index (χ1) is 18.2. The first-order valence-corrected chi connectivity index (χ1v) is 12.4. The van der Waals surface area contributed by atoms with E-state index in [-0.39, 0.29) is 11.0 Å². The van der Waals surface area contributed by atoms with E-state index in [1.165, 1.54) is 5.56 Å². The molecule has 37 heavy (non-hydrogen) atoms. The number of ether oxygens (including phenoxy) is 3. The Morgan fingerprint density at radius 2 is 1.24 bits per heavy atom. The molecule has 0 heterocycles. The molecular formula is C30H28N2O4S. The molecule has 0 aliphatic rings. The van der Waals surface area contributed by atoms with Gasteiger partial charge in [0.1, 0.15) is 30.5 Å². The van der Waals surface area contributed by atoms with Gasteiger partial charge in [0.25, 0.3) is 5.91 Å². The van der Waals surface area contributed by atoms with Crippen molar-refractivity contribution in [2.45, 2.75) is 6.42 Å². The van der Waals surface area contributed by atoms with Gasteiger partial charge in [0.05, 0.1) is 6.61 Å². The lowest BCUT2D eigenvalue weighted by Gasteiger charge is -2.12. The zero-order chi connectivity index (χ0) is 25.7. The van der Waals surface area contributed by atoms with Crippen molar-refractivity contribution in [3.8, 4) is 17.2 Å². The number of rotatable bonds is 11. The van der Waals surface area contributed by atoms with Crippen molar-refractivity contribution in [1.29, 1.82) is 0 Å². The van der Waals surface area contributed by atoms with Crippen LogP contribution in [-0.2, 0) is 6.42 Å². The predicted molar refractivity (Wildman–Crippen MR) is 150 cm³/mol. The molecule has 6 nitrogen and oxygen atoms in total. The summed E-state index contributed by atoms with van der Waals surface area (Å²) in [5, 5.41) is 5.92. The number of nitrogens with one attached hydrogen (secondary N) is 2. The zero-order valence-electron chi connectivity index (χ0n) is 20.3. The quantitative estimate of drug-likeness (QED) is 0.193. The fourth-order valence-electron chi connectivity index (χ4n) is 3.47. The van der Waals surface area contributed by atoms with Gasteiger partial charge in [0, 0.05) is 17.7 Å². The van der Waals surface area contributed by atoms with Gasteiger partial charge in [-0.15, -0.1) is 0 Å². The van der Waals surface area contributed by atoms with Crippen LogP contribution in [0.1, 0.15) is 15.9 Å². The summed E-state index contributed by atoms with van der Waals surface area (Å²) in [6, 6.07) is 34.0. The molecule has 2 N–H and O–H groups in total. The van der Waals surface area contributed by atoms with Gasteiger partial charge < -0.3 is 19.5 Å². The number of carbonyl (C=O) groups is 1. The molecule has 0 unspecified atom stereocenters. The molecule has 0 aromatic heterocycles. The van der Waals surface area contributed by atoms with Crippen LogP contribution >= 0.6 is 12.2 Å². The predicted octanol–water partition coefficient (Wildman–Crippen LogP) is 5.89. The van der Waals surface area contributed by atoms with Crippen LogP contribution in [-0.4, -0.2) is 30.8 Å². The fraction of sp³-hybridized carbons (Fsp3) is 0.133. The van der Waals surface area contributed by atoms with Gasteiger partial charge in [0.2, 0.25) is 0 Å². The maximum Gasteiger partial charge on any atom is 0.257 e. The van der Waals surface area contributed by atoms with E-state index >= 15 is 0 Å². The summed E-state index contributed by atoms with van der Waals surface area (Å²) in [5.74, 6) is 1.83. The summed E-state index contributed by atoms with van der Waals surface area (Å²) < 4.78 is 17.1. The van der Waals surface area contributed by atoms with Gasteiger partial charge in [-0.05, 0) is 72.4 Å². The minimum absolute atomic E-state index is 0.199. The van der Waals surface area contributed by atoms with Crippen LogP contribution in [0, 0.1) is 0 Å². The fourth-order valence-corrected chi connectivity index (χ4v) is 3.68. The van der Waals surface area contributed by atoms with Crippen molar-refractivity contribution in [3.63, 3.8) is 0 Å². The van der Waals surface area contributed by atoms with Crippen LogP contribution < -0.4 is 24.8 Å². The number of para-hydroxylation sites is 1. The first kappa shape index (κ1) is 25.7. The average Bonchev–Trinajstić information content (AvgIpc) is 2.93. The summed E-state index contributed by atoms with van der Waals surface area (Å²) in [4.78, 5) is 12.7. The highest BCUT2D eigenvalue weighted by atomic mass is 32.1. The number of anilines is 1.